The maximum Gasteiger partial charge on any atom is 0.171 e. The van der Waals surface area contributed by atoms with Crippen LogP contribution in [0.15, 0.2) is 11.6 Å². The molecule has 6 rings (SSSR count). The van der Waals surface area contributed by atoms with E-state index in [0.29, 0.717) is 24.7 Å². The largest absolute Gasteiger partial charge is 0.394 e. The summed E-state index contributed by atoms with van der Waals surface area (Å²) in [5, 5.41) is 52.9. The molecule has 5 N–H and O–H groups in total. The third-order valence-electron chi connectivity index (χ3n) is 15.3. The number of hydrogen-bond donors (Lipinski definition) is 5. The first-order valence-corrected chi connectivity index (χ1v) is 17.1. The SMILES string of the molecule is CC1(C)CC[C@]2(C(=O)[C@@H]3OC(CO)[C@@H](O)C(O)C3O)CC[C@]3(C)C(=CCC4[C@@]5(C)CC[C@@H](O)C(C)(C)C5CC[C@]43C)C2C1. The molecule has 0 aromatic heterocycles. The van der Waals surface area contributed by atoms with E-state index in [0.717, 1.165) is 51.4 Å². The molecule has 7 nitrogen and oxygen atoms in total. The van der Waals surface area contributed by atoms with Crippen molar-refractivity contribution < 1.29 is 35.1 Å². The second kappa shape index (κ2) is 10.1. The number of Topliss-reactive ketones (excluding diaryl/α,β-unsaturated/α-hetero) is 1. The highest BCUT2D eigenvalue weighted by Gasteiger charge is 2.69. The van der Waals surface area contributed by atoms with Gasteiger partial charge >= 0.3 is 0 Å². The quantitative estimate of drug-likeness (QED) is 0.300. The first-order valence-electron chi connectivity index (χ1n) is 17.1. The topological polar surface area (TPSA) is 127 Å². The second-order valence-electron chi connectivity index (χ2n) is 17.9. The van der Waals surface area contributed by atoms with Crippen LogP contribution in [0.2, 0.25) is 0 Å². The lowest BCUT2D eigenvalue weighted by Gasteiger charge is -2.71. The van der Waals surface area contributed by atoms with Crippen LogP contribution in [-0.2, 0) is 9.53 Å². The molecular formula is C36H58O7. The fourth-order valence-corrected chi connectivity index (χ4v) is 12.3. The predicted octanol–water partition coefficient (Wildman–Crippen LogP) is 4.56. The zero-order valence-electron chi connectivity index (χ0n) is 27.6. The minimum atomic E-state index is -1.55. The van der Waals surface area contributed by atoms with E-state index in [1.54, 1.807) is 0 Å². The van der Waals surface area contributed by atoms with E-state index in [1.807, 2.05) is 0 Å². The van der Waals surface area contributed by atoms with Crippen molar-refractivity contribution in [3.8, 4) is 0 Å². The molecule has 0 radical (unpaired) electrons. The van der Waals surface area contributed by atoms with Crippen LogP contribution in [-0.4, -0.2) is 74.5 Å². The van der Waals surface area contributed by atoms with Crippen LogP contribution in [0.4, 0.5) is 0 Å². The molecular weight excluding hydrogens is 544 g/mol. The van der Waals surface area contributed by atoms with E-state index in [4.69, 9.17) is 4.74 Å². The van der Waals surface area contributed by atoms with Gasteiger partial charge in [0, 0.05) is 5.41 Å². The average molecular weight is 603 g/mol. The Labute approximate surface area is 258 Å². The number of hydrogen-bond acceptors (Lipinski definition) is 7. The summed E-state index contributed by atoms with van der Waals surface area (Å²) in [6, 6.07) is 0. The molecule has 43 heavy (non-hydrogen) atoms. The first kappa shape index (κ1) is 32.1. The molecule has 1 saturated heterocycles. The van der Waals surface area contributed by atoms with Crippen molar-refractivity contribution in [2.75, 3.05) is 6.61 Å². The Bertz CT molecular complexity index is 1160. The molecule has 1 aliphatic heterocycles. The van der Waals surface area contributed by atoms with E-state index in [1.165, 1.54) is 5.57 Å². The third-order valence-corrected chi connectivity index (χ3v) is 15.3. The first-order chi connectivity index (χ1) is 19.9. The van der Waals surface area contributed by atoms with Gasteiger partial charge in [-0.2, -0.15) is 0 Å². The predicted molar refractivity (Wildman–Crippen MR) is 164 cm³/mol. The second-order valence-corrected chi connectivity index (χ2v) is 17.9. The van der Waals surface area contributed by atoms with Crippen molar-refractivity contribution in [3.05, 3.63) is 11.6 Å². The van der Waals surface area contributed by atoms with Crippen molar-refractivity contribution in [3.63, 3.8) is 0 Å². The monoisotopic (exact) mass is 602 g/mol. The number of fused-ring (bicyclic) bond motifs is 7. The van der Waals surface area contributed by atoms with Gasteiger partial charge in [-0.05, 0) is 109 Å². The Kier molecular flexibility index (Phi) is 7.53. The molecule has 7 heteroatoms. The molecule has 0 amide bonds. The number of ether oxygens (including phenoxy) is 1. The summed E-state index contributed by atoms with van der Waals surface area (Å²) < 4.78 is 5.91. The smallest absolute Gasteiger partial charge is 0.171 e. The summed E-state index contributed by atoms with van der Waals surface area (Å²) in [4.78, 5) is 14.7. The van der Waals surface area contributed by atoms with Crippen LogP contribution in [0.5, 0.6) is 0 Å². The molecule has 5 fully saturated rings. The van der Waals surface area contributed by atoms with E-state index < -0.39 is 42.5 Å². The van der Waals surface area contributed by atoms with Crippen molar-refractivity contribution in [2.24, 2.45) is 50.2 Å². The third kappa shape index (κ3) is 4.23. The lowest BCUT2D eigenvalue weighted by atomic mass is 9.33. The molecule has 244 valence electrons. The number of rotatable bonds is 3. The van der Waals surface area contributed by atoms with Crippen LogP contribution in [0, 0.1) is 50.2 Å². The Morgan fingerprint density at radius 3 is 2.19 bits per heavy atom. The van der Waals surface area contributed by atoms with Crippen LogP contribution in [0.1, 0.15) is 113 Å². The van der Waals surface area contributed by atoms with Crippen LogP contribution < -0.4 is 0 Å². The number of carbonyl (C=O) groups excluding carboxylic acids is 1. The fraction of sp³-hybridized carbons (Fsp3) is 0.917. The van der Waals surface area contributed by atoms with Crippen LogP contribution >= 0.6 is 0 Å². The number of allylic oxidation sites excluding steroid dienone is 2. The Balaban J connectivity index is 1.40. The van der Waals surface area contributed by atoms with E-state index >= 15 is 0 Å². The van der Waals surface area contributed by atoms with Gasteiger partial charge in [-0.1, -0.05) is 60.1 Å². The van der Waals surface area contributed by atoms with Crippen LogP contribution in [0.25, 0.3) is 0 Å². The minimum Gasteiger partial charge on any atom is -0.394 e. The van der Waals surface area contributed by atoms with Gasteiger partial charge in [-0.25, -0.2) is 0 Å². The zero-order valence-corrected chi connectivity index (χ0v) is 27.6. The van der Waals surface area contributed by atoms with Gasteiger partial charge in [0.1, 0.15) is 30.5 Å². The molecule has 1 heterocycles. The summed E-state index contributed by atoms with van der Waals surface area (Å²) in [6.07, 6.45) is 4.55. The Morgan fingerprint density at radius 2 is 1.51 bits per heavy atom. The lowest BCUT2D eigenvalue weighted by Crippen LogP contribution is -2.67. The van der Waals surface area contributed by atoms with Gasteiger partial charge in [0.15, 0.2) is 5.78 Å². The van der Waals surface area contributed by atoms with Crippen molar-refractivity contribution in [1.29, 1.82) is 0 Å². The van der Waals surface area contributed by atoms with Crippen LogP contribution in [0.3, 0.4) is 0 Å². The van der Waals surface area contributed by atoms with Gasteiger partial charge in [0.05, 0.1) is 12.7 Å². The highest BCUT2D eigenvalue weighted by molar-refractivity contribution is 5.91. The van der Waals surface area contributed by atoms with E-state index in [-0.39, 0.29) is 44.9 Å². The number of aliphatic hydroxyl groups is 5. The highest BCUT2D eigenvalue weighted by Crippen LogP contribution is 2.76. The van der Waals surface area contributed by atoms with E-state index in [9.17, 15) is 30.3 Å². The Hall–Kier alpha value is -0.830. The summed E-state index contributed by atoms with van der Waals surface area (Å²) in [7, 11) is 0. The van der Waals surface area contributed by atoms with Gasteiger partial charge in [-0.15, -0.1) is 0 Å². The zero-order chi connectivity index (χ0) is 31.5. The van der Waals surface area contributed by atoms with Crippen molar-refractivity contribution >= 4 is 5.78 Å². The van der Waals surface area contributed by atoms with Gasteiger partial charge in [-0.3, -0.25) is 4.79 Å². The standard InChI is InChI=1S/C36H58O7/c1-31(2)14-16-36(30(42)29-28(41)27(40)26(39)22(19-37)43-29)17-15-34(6)20(21(36)18-31)8-9-24-33(5)12-11-25(38)32(3,4)23(33)10-13-35(24,34)7/h8,21-29,37-41H,9-19H2,1-7H3/t21?,22?,23?,24?,25-,26-,27?,28?,29-,33+,34-,35-,36+/m1/s1. The van der Waals surface area contributed by atoms with Crippen molar-refractivity contribution in [2.45, 2.75) is 149 Å². The summed E-state index contributed by atoms with van der Waals surface area (Å²) in [5.41, 5.74) is 0.811. The van der Waals surface area contributed by atoms with Crippen molar-refractivity contribution in [1.82, 2.24) is 0 Å². The molecule has 6 unspecified atom stereocenters. The lowest BCUT2D eigenvalue weighted by molar-refractivity contribution is -0.234. The molecule has 0 bridgehead atoms. The average Bonchev–Trinajstić information content (AvgIpc) is 2.94. The number of ketones is 1. The normalized spacial score (nSPS) is 53.9. The molecule has 0 spiro atoms. The minimum absolute atomic E-state index is 0.0165. The summed E-state index contributed by atoms with van der Waals surface area (Å²) in [6.45, 7) is 16.1. The number of carbonyl (C=O) groups is 1. The van der Waals surface area contributed by atoms with Gasteiger partial charge < -0.3 is 30.3 Å². The Morgan fingerprint density at radius 1 is 0.837 bits per heavy atom. The van der Waals surface area contributed by atoms with E-state index in [2.05, 4.69) is 54.5 Å². The maximum absolute atomic E-state index is 14.7. The fourth-order valence-electron chi connectivity index (χ4n) is 12.3. The summed E-state index contributed by atoms with van der Waals surface area (Å²) in [5.74, 6) is 0.829. The molecule has 13 atom stereocenters. The highest BCUT2D eigenvalue weighted by atomic mass is 16.5. The molecule has 0 aromatic carbocycles. The molecule has 5 aliphatic carbocycles. The molecule has 0 aromatic rings. The molecule has 4 saturated carbocycles. The van der Waals surface area contributed by atoms with Gasteiger partial charge in [0.25, 0.3) is 0 Å². The maximum atomic E-state index is 14.7. The van der Waals surface area contributed by atoms with Gasteiger partial charge in [0.2, 0.25) is 0 Å². The summed E-state index contributed by atoms with van der Waals surface area (Å²) >= 11 is 0. The molecule has 6 aliphatic rings. The number of aliphatic hydroxyl groups excluding tert-OH is 5.